The maximum atomic E-state index is 13.1. The van der Waals surface area contributed by atoms with Crippen LogP contribution in [0.4, 0.5) is 13.2 Å². The first kappa shape index (κ1) is 14.6. The second kappa shape index (κ2) is 5.17. The Morgan fingerprint density at radius 2 is 1.95 bits per heavy atom. The predicted molar refractivity (Wildman–Crippen MR) is 75.3 cm³/mol. The Kier molecular flexibility index (Phi) is 3.44. The monoisotopic (exact) mass is 327 g/mol. The van der Waals surface area contributed by atoms with E-state index in [1.807, 2.05) is 0 Å². The van der Waals surface area contributed by atoms with Crippen molar-refractivity contribution in [3.05, 3.63) is 64.5 Å². The quantitative estimate of drug-likeness (QED) is 0.678. The van der Waals surface area contributed by atoms with Crippen LogP contribution in [-0.2, 0) is 12.1 Å². The van der Waals surface area contributed by atoms with Crippen molar-refractivity contribution < 1.29 is 13.2 Å². The van der Waals surface area contributed by atoms with Crippen molar-refractivity contribution >= 4 is 17.2 Å². The van der Waals surface area contributed by atoms with Gasteiger partial charge in [0.25, 0.3) is 0 Å². The molecule has 0 radical (unpaired) electrons. The van der Waals surface area contributed by atoms with Crippen LogP contribution in [0.15, 0.2) is 47.7 Å². The lowest BCUT2D eigenvalue weighted by Gasteiger charge is -2.16. The van der Waals surface area contributed by atoms with Gasteiger partial charge in [0.15, 0.2) is 0 Å². The Balaban J connectivity index is 2.31. The molecule has 22 heavy (non-hydrogen) atoms. The van der Waals surface area contributed by atoms with Crippen LogP contribution in [0.5, 0.6) is 0 Å². The number of fused-ring (bicyclic) bond motifs is 1. The van der Waals surface area contributed by atoms with Crippen LogP contribution in [0.1, 0.15) is 11.1 Å². The molecule has 3 rings (SSSR count). The largest absolute Gasteiger partial charge is 0.416 e. The summed E-state index contributed by atoms with van der Waals surface area (Å²) in [6.07, 6.45) is -0.267. The third-order valence-electron chi connectivity index (χ3n) is 3.30. The predicted octanol–water partition coefficient (Wildman–Crippen LogP) is 3.24. The van der Waals surface area contributed by atoms with Gasteiger partial charge in [0.1, 0.15) is 5.65 Å². The zero-order valence-electron chi connectivity index (χ0n) is 11.0. The summed E-state index contributed by atoms with van der Waals surface area (Å²) in [4.78, 5) is 16.3. The minimum Gasteiger partial charge on any atom is -0.269 e. The SMILES string of the molecule is O=c1n(-c2cccc(C(F)(F)F)c2CCl)ccc2nccn12. The Hall–Kier alpha value is -2.28. The molecule has 4 nitrogen and oxygen atoms in total. The first-order valence-corrected chi connectivity index (χ1v) is 6.77. The van der Waals surface area contributed by atoms with E-state index >= 15 is 0 Å². The summed E-state index contributed by atoms with van der Waals surface area (Å²) in [6, 6.07) is 5.16. The number of aromatic nitrogens is 3. The maximum Gasteiger partial charge on any atom is 0.416 e. The van der Waals surface area contributed by atoms with Gasteiger partial charge in [-0.2, -0.15) is 13.2 Å². The molecule has 0 unspecified atom stereocenters. The molecule has 0 atom stereocenters. The number of benzene rings is 1. The molecule has 0 aliphatic heterocycles. The molecule has 2 heterocycles. The number of nitrogens with zero attached hydrogens (tertiary/aromatic N) is 3. The van der Waals surface area contributed by atoms with Gasteiger partial charge < -0.3 is 0 Å². The van der Waals surface area contributed by atoms with E-state index in [1.165, 1.54) is 35.1 Å². The van der Waals surface area contributed by atoms with Crippen molar-refractivity contribution in [2.75, 3.05) is 0 Å². The molecule has 3 aromatic rings. The third kappa shape index (κ3) is 2.27. The third-order valence-corrected chi connectivity index (χ3v) is 3.57. The van der Waals surface area contributed by atoms with Gasteiger partial charge >= 0.3 is 11.9 Å². The van der Waals surface area contributed by atoms with E-state index in [0.29, 0.717) is 5.65 Å². The molecule has 8 heteroatoms. The minimum atomic E-state index is -4.54. The van der Waals surface area contributed by atoms with Crippen LogP contribution in [0.3, 0.4) is 0 Å². The van der Waals surface area contributed by atoms with E-state index in [0.717, 1.165) is 10.6 Å². The lowest BCUT2D eigenvalue weighted by Crippen LogP contribution is -2.25. The number of halogens is 4. The highest BCUT2D eigenvalue weighted by atomic mass is 35.5. The summed E-state index contributed by atoms with van der Waals surface area (Å²) in [6.45, 7) is 0. The number of hydrogen-bond donors (Lipinski definition) is 0. The average Bonchev–Trinajstić information content (AvgIpc) is 2.95. The molecule has 0 spiro atoms. The van der Waals surface area contributed by atoms with Gasteiger partial charge in [0.2, 0.25) is 0 Å². The molecular weight excluding hydrogens is 319 g/mol. The second-order valence-electron chi connectivity index (χ2n) is 4.56. The standard InChI is InChI=1S/C14H9ClF3N3O/c15-8-9-10(14(16,17)18)2-1-3-11(9)20-6-4-12-19-5-7-21(12)13(20)22/h1-7H,8H2. The van der Waals surface area contributed by atoms with Gasteiger partial charge in [-0.3, -0.25) is 8.97 Å². The molecule has 0 aliphatic carbocycles. The molecule has 1 aromatic carbocycles. The normalized spacial score (nSPS) is 12.0. The summed E-state index contributed by atoms with van der Waals surface area (Å²) >= 11 is 5.71. The van der Waals surface area contributed by atoms with E-state index in [2.05, 4.69) is 4.98 Å². The van der Waals surface area contributed by atoms with Crippen LogP contribution in [0.2, 0.25) is 0 Å². The van der Waals surface area contributed by atoms with Gasteiger partial charge in [-0.15, -0.1) is 11.6 Å². The summed E-state index contributed by atoms with van der Waals surface area (Å²) in [5.41, 5.74) is -0.984. The summed E-state index contributed by atoms with van der Waals surface area (Å²) in [5.74, 6) is -0.362. The first-order valence-electron chi connectivity index (χ1n) is 6.23. The van der Waals surface area contributed by atoms with Gasteiger partial charge in [-0.1, -0.05) is 6.07 Å². The Labute approximate surface area is 127 Å². The van der Waals surface area contributed by atoms with Crippen LogP contribution in [-0.4, -0.2) is 14.0 Å². The highest BCUT2D eigenvalue weighted by molar-refractivity contribution is 6.17. The van der Waals surface area contributed by atoms with Gasteiger partial charge in [-0.05, 0) is 18.2 Å². The lowest BCUT2D eigenvalue weighted by molar-refractivity contribution is -0.138. The summed E-state index contributed by atoms with van der Waals surface area (Å²) < 4.78 is 41.6. The van der Waals surface area contributed by atoms with E-state index in [9.17, 15) is 18.0 Å². The first-order chi connectivity index (χ1) is 10.4. The number of alkyl halides is 4. The Bertz CT molecular complexity index is 898. The van der Waals surface area contributed by atoms with Crippen molar-refractivity contribution in [2.24, 2.45) is 0 Å². The molecule has 0 fully saturated rings. The molecule has 0 bridgehead atoms. The van der Waals surface area contributed by atoms with E-state index in [1.54, 1.807) is 6.07 Å². The zero-order chi connectivity index (χ0) is 15.9. The molecule has 0 saturated heterocycles. The molecular formula is C14H9ClF3N3O. The van der Waals surface area contributed by atoms with Crippen molar-refractivity contribution in [3.63, 3.8) is 0 Å². The number of hydrogen-bond acceptors (Lipinski definition) is 2. The van der Waals surface area contributed by atoms with Crippen molar-refractivity contribution in [1.82, 2.24) is 14.0 Å². The summed E-state index contributed by atoms with van der Waals surface area (Å²) in [5, 5.41) is 0. The topological polar surface area (TPSA) is 39.3 Å². The fraction of sp³-hybridized carbons (Fsp3) is 0.143. The molecule has 0 amide bonds. The van der Waals surface area contributed by atoms with Gasteiger partial charge in [0, 0.05) is 24.2 Å². The number of imidazole rings is 1. The Morgan fingerprint density at radius 3 is 2.64 bits per heavy atom. The van der Waals surface area contributed by atoms with Crippen LogP contribution >= 0.6 is 11.6 Å². The van der Waals surface area contributed by atoms with Crippen LogP contribution in [0, 0.1) is 0 Å². The molecule has 2 aromatic heterocycles. The number of rotatable bonds is 2. The highest BCUT2D eigenvalue weighted by Gasteiger charge is 2.34. The highest BCUT2D eigenvalue weighted by Crippen LogP contribution is 2.35. The summed E-state index contributed by atoms with van der Waals surface area (Å²) in [7, 11) is 0. The van der Waals surface area contributed by atoms with Gasteiger partial charge in [0.05, 0.1) is 17.1 Å². The second-order valence-corrected chi connectivity index (χ2v) is 4.83. The molecule has 0 saturated carbocycles. The lowest BCUT2D eigenvalue weighted by atomic mass is 10.1. The molecule has 114 valence electrons. The molecule has 0 aliphatic rings. The fourth-order valence-corrected chi connectivity index (χ4v) is 2.59. The van der Waals surface area contributed by atoms with E-state index in [-0.39, 0.29) is 17.1 Å². The van der Waals surface area contributed by atoms with Crippen molar-refractivity contribution in [2.45, 2.75) is 12.1 Å². The van der Waals surface area contributed by atoms with Crippen molar-refractivity contribution in [1.29, 1.82) is 0 Å². The minimum absolute atomic E-state index is 0.102. The van der Waals surface area contributed by atoms with Crippen LogP contribution in [0.25, 0.3) is 11.3 Å². The smallest absolute Gasteiger partial charge is 0.269 e. The van der Waals surface area contributed by atoms with E-state index < -0.39 is 17.4 Å². The van der Waals surface area contributed by atoms with Crippen molar-refractivity contribution in [3.8, 4) is 5.69 Å². The van der Waals surface area contributed by atoms with Gasteiger partial charge in [-0.25, -0.2) is 9.78 Å². The fourth-order valence-electron chi connectivity index (χ4n) is 2.31. The maximum absolute atomic E-state index is 13.1. The average molecular weight is 328 g/mol. The van der Waals surface area contributed by atoms with Crippen LogP contribution < -0.4 is 5.69 Å². The Morgan fingerprint density at radius 1 is 1.18 bits per heavy atom. The zero-order valence-corrected chi connectivity index (χ0v) is 11.8. The molecule has 0 N–H and O–H groups in total. The van der Waals surface area contributed by atoms with E-state index in [4.69, 9.17) is 11.6 Å².